The number of rotatable bonds is 0. The summed E-state index contributed by atoms with van der Waals surface area (Å²) in [6.45, 7) is 0.390. The molecule has 0 atom stereocenters. The number of allylic oxidation sites excluding steroid dienone is 3. The highest BCUT2D eigenvalue weighted by atomic mass is 19.1. The van der Waals surface area contributed by atoms with Gasteiger partial charge in [-0.1, -0.05) is 0 Å². The number of ether oxygens (including phenoxy) is 1. The van der Waals surface area contributed by atoms with Gasteiger partial charge in [-0.2, -0.15) is 0 Å². The molecule has 0 spiro atoms. The number of hydrogen-bond acceptors (Lipinski definition) is 2. The quantitative estimate of drug-likeness (QED) is 0.552. The lowest BCUT2D eigenvalue weighted by Gasteiger charge is -2.21. The average molecular weight is 168 g/mol. The fourth-order valence-corrected chi connectivity index (χ4v) is 1.48. The summed E-state index contributed by atoms with van der Waals surface area (Å²) in [5.74, 6) is 0.374. The largest absolute Gasteiger partial charge is 0.493 e. The van der Waals surface area contributed by atoms with Gasteiger partial charge in [0, 0.05) is 24.5 Å². The number of hydrogen-bond donors (Lipinski definition) is 0. The van der Waals surface area contributed by atoms with Gasteiger partial charge in [-0.3, -0.25) is 4.79 Å². The first kappa shape index (κ1) is 7.53. The highest BCUT2D eigenvalue weighted by Crippen LogP contribution is 2.29. The minimum Gasteiger partial charge on any atom is -0.493 e. The maximum Gasteiger partial charge on any atom is 0.165 e. The Morgan fingerprint density at radius 2 is 2.17 bits per heavy atom. The molecule has 0 radical (unpaired) electrons. The lowest BCUT2D eigenvalue weighted by atomic mass is 9.96. The van der Waals surface area contributed by atoms with Gasteiger partial charge in [-0.25, -0.2) is 4.39 Å². The van der Waals surface area contributed by atoms with Crippen molar-refractivity contribution in [3.8, 4) is 0 Å². The van der Waals surface area contributed by atoms with Gasteiger partial charge < -0.3 is 4.74 Å². The SMILES string of the molecule is O=C1CCOC2=C1CCC(F)=C2. The lowest BCUT2D eigenvalue weighted by Crippen LogP contribution is -2.18. The maximum absolute atomic E-state index is 12.7. The van der Waals surface area contributed by atoms with E-state index in [1.807, 2.05) is 0 Å². The minimum atomic E-state index is -0.191. The number of ketones is 1. The molecule has 0 aromatic carbocycles. The van der Waals surface area contributed by atoms with Crippen molar-refractivity contribution in [3.63, 3.8) is 0 Å². The van der Waals surface area contributed by atoms with E-state index in [-0.39, 0.29) is 11.6 Å². The number of carbonyl (C=O) groups is 1. The summed E-state index contributed by atoms with van der Waals surface area (Å²) >= 11 is 0. The maximum atomic E-state index is 12.7. The van der Waals surface area contributed by atoms with Crippen LogP contribution in [-0.4, -0.2) is 12.4 Å². The zero-order chi connectivity index (χ0) is 8.55. The zero-order valence-electron chi connectivity index (χ0n) is 6.60. The van der Waals surface area contributed by atoms with Crippen molar-refractivity contribution in [2.24, 2.45) is 0 Å². The molecule has 1 aliphatic heterocycles. The normalized spacial score (nSPS) is 23.1. The van der Waals surface area contributed by atoms with Crippen LogP contribution in [0.25, 0.3) is 0 Å². The summed E-state index contributed by atoms with van der Waals surface area (Å²) in [5, 5.41) is 0. The summed E-state index contributed by atoms with van der Waals surface area (Å²) < 4.78 is 17.9. The third-order valence-corrected chi connectivity index (χ3v) is 2.12. The van der Waals surface area contributed by atoms with E-state index in [0.717, 1.165) is 0 Å². The molecule has 1 aliphatic carbocycles. The Bertz CT molecular complexity index is 289. The van der Waals surface area contributed by atoms with Crippen LogP contribution in [0.1, 0.15) is 19.3 Å². The Morgan fingerprint density at radius 1 is 1.33 bits per heavy atom. The van der Waals surface area contributed by atoms with Crippen LogP contribution in [0.15, 0.2) is 23.2 Å². The predicted molar refractivity (Wildman–Crippen MR) is 41.0 cm³/mol. The van der Waals surface area contributed by atoms with Crippen LogP contribution in [0.4, 0.5) is 4.39 Å². The molecule has 2 aliphatic rings. The molecule has 0 unspecified atom stereocenters. The second kappa shape index (κ2) is 2.73. The van der Waals surface area contributed by atoms with Gasteiger partial charge in [0.05, 0.1) is 6.61 Å². The van der Waals surface area contributed by atoms with E-state index in [1.165, 1.54) is 6.08 Å². The van der Waals surface area contributed by atoms with Crippen molar-refractivity contribution >= 4 is 5.78 Å². The highest BCUT2D eigenvalue weighted by molar-refractivity contribution is 5.97. The molecule has 3 heteroatoms. The average Bonchev–Trinajstić information content (AvgIpc) is 2.04. The molecular formula is C9H9FO2. The van der Waals surface area contributed by atoms with E-state index in [2.05, 4.69) is 0 Å². The van der Waals surface area contributed by atoms with Gasteiger partial charge in [0.2, 0.25) is 0 Å². The van der Waals surface area contributed by atoms with E-state index >= 15 is 0 Å². The van der Waals surface area contributed by atoms with E-state index in [4.69, 9.17) is 4.74 Å². The predicted octanol–water partition coefficient (Wildman–Crippen LogP) is 1.88. The summed E-state index contributed by atoms with van der Waals surface area (Å²) in [4.78, 5) is 11.2. The monoisotopic (exact) mass is 168 g/mol. The summed E-state index contributed by atoms with van der Waals surface area (Å²) in [5.41, 5.74) is 0.669. The molecule has 0 amide bonds. The fourth-order valence-electron chi connectivity index (χ4n) is 1.48. The Hall–Kier alpha value is -1.12. The molecular weight excluding hydrogens is 159 g/mol. The van der Waals surface area contributed by atoms with Crippen LogP contribution in [0.2, 0.25) is 0 Å². The van der Waals surface area contributed by atoms with Crippen LogP contribution in [0.3, 0.4) is 0 Å². The molecule has 0 fully saturated rings. The van der Waals surface area contributed by atoms with Crippen molar-refractivity contribution < 1.29 is 13.9 Å². The standard InChI is InChI=1S/C9H9FO2/c10-6-1-2-7-8(11)3-4-12-9(7)5-6/h5H,1-4H2. The third kappa shape index (κ3) is 1.15. The molecule has 64 valence electrons. The summed E-state index contributed by atoms with van der Waals surface area (Å²) in [7, 11) is 0. The minimum absolute atomic E-state index is 0.111. The van der Waals surface area contributed by atoms with Crippen molar-refractivity contribution in [1.29, 1.82) is 0 Å². The molecule has 1 heterocycles. The molecule has 0 aromatic rings. The van der Waals surface area contributed by atoms with Crippen LogP contribution in [0.5, 0.6) is 0 Å². The van der Waals surface area contributed by atoms with Crippen molar-refractivity contribution in [2.75, 3.05) is 6.61 Å². The van der Waals surface area contributed by atoms with Crippen LogP contribution >= 0.6 is 0 Å². The Balaban J connectivity index is 2.36. The molecule has 2 rings (SSSR count). The van der Waals surface area contributed by atoms with Gasteiger partial charge in [-0.05, 0) is 6.42 Å². The van der Waals surface area contributed by atoms with Gasteiger partial charge in [-0.15, -0.1) is 0 Å². The van der Waals surface area contributed by atoms with Crippen molar-refractivity contribution in [1.82, 2.24) is 0 Å². The molecule has 0 saturated carbocycles. The Kier molecular flexibility index (Phi) is 1.71. The summed E-state index contributed by atoms with van der Waals surface area (Å²) in [6.07, 6.45) is 2.61. The van der Waals surface area contributed by atoms with Crippen LogP contribution < -0.4 is 0 Å². The topological polar surface area (TPSA) is 26.3 Å². The van der Waals surface area contributed by atoms with Gasteiger partial charge in [0.15, 0.2) is 5.78 Å². The second-order valence-corrected chi connectivity index (χ2v) is 2.96. The molecule has 0 saturated heterocycles. The number of carbonyl (C=O) groups excluding carboxylic acids is 1. The van der Waals surface area contributed by atoms with E-state index < -0.39 is 0 Å². The molecule has 0 aromatic heterocycles. The smallest absolute Gasteiger partial charge is 0.165 e. The van der Waals surface area contributed by atoms with Gasteiger partial charge in [0.25, 0.3) is 0 Å². The van der Waals surface area contributed by atoms with E-state index in [9.17, 15) is 9.18 Å². The first-order valence-corrected chi connectivity index (χ1v) is 4.02. The Morgan fingerprint density at radius 3 is 3.00 bits per heavy atom. The molecule has 2 nitrogen and oxygen atoms in total. The van der Waals surface area contributed by atoms with Crippen molar-refractivity contribution in [3.05, 3.63) is 23.2 Å². The van der Waals surface area contributed by atoms with E-state index in [0.29, 0.717) is 37.2 Å². The van der Waals surface area contributed by atoms with Gasteiger partial charge in [0.1, 0.15) is 11.6 Å². The fraction of sp³-hybridized carbons (Fsp3) is 0.444. The van der Waals surface area contributed by atoms with Crippen LogP contribution in [-0.2, 0) is 9.53 Å². The van der Waals surface area contributed by atoms with Gasteiger partial charge >= 0.3 is 0 Å². The Labute approximate surface area is 69.7 Å². The van der Waals surface area contributed by atoms with Crippen LogP contribution in [0, 0.1) is 0 Å². The van der Waals surface area contributed by atoms with Crippen molar-refractivity contribution in [2.45, 2.75) is 19.3 Å². The number of halogens is 1. The number of Topliss-reactive ketones (excluding diaryl/α,β-unsaturated/α-hetero) is 1. The second-order valence-electron chi connectivity index (χ2n) is 2.96. The molecule has 12 heavy (non-hydrogen) atoms. The third-order valence-electron chi connectivity index (χ3n) is 2.12. The summed E-state index contributed by atoms with van der Waals surface area (Å²) in [6, 6.07) is 0. The first-order valence-electron chi connectivity index (χ1n) is 4.02. The lowest BCUT2D eigenvalue weighted by molar-refractivity contribution is -0.117. The highest BCUT2D eigenvalue weighted by Gasteiger charge is 2.24. The molecule has 0 bridgehead atoms. The molecule has 0 N–H and O–H groups in total. The zero-order valence-corrected chi connectivity index (χ0v) is 6.60. The first-order chi connectivity index (χ1) is 5.77. The van der Waals surface area contributed by atoms with E-state index in [1.54, 1.807) is 0 Å².